The molecule has 1 aromatic carbocycles. The van der Waals surface area contributed by atoms with E-state index in [9.17, 15) is 4.79 Å². The molecule has 1 nitrogen and oxygen atoms in total. The molecule has 58 valence electrons. The van der Waals surface area contributed by atoms with Gasteiger partial charge in [0.05, 0.1) is 0 Å². The lowest BCUT2D eigenvalue weighted by Gasteiger charge is -1.99. The topological polar surface area (TPSA) is 17.1 Å². The van der Waals surface area contributed by atoms with Crippen molar-refractivity contribution in [3.05, 3.63) is 31.7 Å². The number of carbonyl (C=O) groups excluding carboxylic acids is 1. The maximum atomic E-state index is 10.4. The van der Waals surface area contributed by atoms with Gasteiger partial charge in [0, 0.05) is 19.5 Å². The van der Waals surface area contributed by atoms with Crippen molar-refractivity contribution in [3.8, 4) is 0 Å². The van der Waals surface area contributed by atoms with Crippen molar-refractivity contribution in [2.75, 3.05) is 0 Å². The molecule has 0 saturated heterocycles. The van der Waals surface area contributed by atoms with Gasteiger partial charge in [-0.15, -0.1) is 0 Å². The molecule has 0 amide bonds. The highest BCUT2D eigenvalue weighted by molar-refractivity contribution is 9.13. The number of rotatable bonds is 1. The van der Waals surface area contributed by atoms with Crippen molar-refractivity contribution in [1.82, 2.24) is 0 Å². The number of benzene rings is 1. The first-order valence-corrected chi connectivity index (χ1v) is 4.71. The lowest BCUT2D eigenvalue weighted by Crippen LogP contribution is -1.83. The molecule has 1 aromatic rings. The summed E-state index contributed by atoms with van der Waals surface area (Å²) in [6.07, 6.45) is 0.751. The SMILES string of the molecule is O=Cc1cc(Cl)cc(Br)c1Br. The van der Waals surface area contributed by atoms with E-state index in [0.717, 1.165) is 15.2 Å². The second-order valence-electron chi connectivity index (χ2n) is 1.91. The molecule has 0 bridgehead atoms. The van der Waals surface area contributed by atoms with Gasteiger partial charge in [-0.2, -0.15) is 0 Å². The second kappa shape index (κ2) is 3.70. The van der Waals surface area contributed by atoms with Crippen LogP contribution in [0.1, 0.15) is 10.4 Å². The van der Waals surface area contributed by atoms with Crippen LogP contribution in [0, 0.1) is 0 Å². The first-order chi connectivity index (χ1) is 5.15. The van der Waals surface area contributed by atoms with E-state index in [2.05, 4.69) is 31.9 Å². The number of halogens is 3. The molecular formula is C7H3Br2ClO. The number of carbonyl (C=O) groups is 1. The maximum absolute atomic E-state index is 10.4. The quantitative estimate of drug-likeness (QED) is 0.571. The van der Waals surface area contributed by atoms with Crippen LogP contribution in [-0.2, 0) is 0 Å². The Hall–Kier alpha value is 0.140. The van der Waals surface area contributed by atoms with Crippen molar-refractivity contribution >= 4 is 49.7 Å². The van der Waals surface area contributed by atoms with Gasteiger partial charge in [-0.25, -0.2) is 0 Å². The fourth-order valence-electron chi connectivity index (χ4n) is 0.662. The average Bonchev–Trinajstić information content (AvgIpc) is 1.96. The van der Waals surface area contributed by atoms with Gasteiger partial charge in [-0.05, 0) is 44.0 Å². The molecule has 0 radical (unpaired) electrons. The molecule has 0 fully saturated rings. The highest BCUT2D eigenvalue weighted by Crippen LogP contribution is 2.29. The van der Waals surface area contributed by atoms with Crippen LogP contribution in [0.25, 0.3) is 0 Å². The molecule has 0 aliphatic rings. The zero-order valence-corrected chi connectivity index (χ0v) is 9.20. The summed E-state index contributed by atoms with van der Waals surface area (Å²) in [6.45, 7) is 0. The van der Waals surface area contributed by atoms with E-state index in [1.807, 2.05) is 0 Å². The largest absolute Gasteiger partial charge is 0.298 e. The van der Waals surface area contributed by atoms with Crippen LogP contribution < -0.4 is 0 Å². The average molecular weight is 298 g/mol. The van der Waals surface area contributed by atoms with Gasteiger partial charge in [-0.1, -0.05) is 11.6 Å². The molecule has 0 aliphatic carbocycles. The van der Waals surface area contributed by atoms with Crippen LogP contribution in [0.15, 0.2) is 21.1 Å². The van der Waals surface area contributed by atoms with Gasteiger partial charge < -0.3 is 0 Å². The number of hydrogen-bond acceptors (Lipinski definition) is 1. The fourth-order valence-corrected chi connectivity index (χ4v) is 1.82. The molecule has 0 aromatic heterocycles. The maximum Gasteiger partial charge on any atom is 0.151 e. The molecule has 0 saturated carbocycles. The van der Waals surface area contributed by atoms with Crippen LogP contribution in [0.2, 0.25) is 5.02 Å². The van der Waals surface area contributed by atoms with Crippen molar-refractivity contribution in [3.63, 3.8) is 0 Å². The predicted molar refractivity (Wildman–Crippen MR) is 52.2 cm³/mol. The van der Waals surface area contributed by atoms with E-state index in [1.165, 1.54) is 0 Å². The molecule has 0 atom stereocenters. The lowest BCUT2D eigenvalue weighted by atomic mass is 10.2. The molecular weight excluding hydrogens is 295 g/mol. The highest BCUT2D eigenvalue weighted by Gasteiger charge is 2.03. The monoisotopic (exact) mass is 296 g/mol. The van der Waals surface area contributed by atoms with E-state index >= 15 is 0 Å². The zero-order valence-electron chi connectivity index (χ0n) is 5.27. The Kier molecular flexibility index (Phi) is 3.10. The first kappa shape index (κ1) is 9.23. The fraction of sp³-hybridized carbons (Fsp3) is 0. The van der Waals surface area contributed by atoms with Crippen LogP contribution in [-0.4, -0.2) is 6.29 Å². The third-order valence-electron chi connectivity index (χ3n) is 1.15. The van der Waals surface area contributed by atoms with Gasteiger partial charge >= 0.3 is 0 Å². The van der Waals surface area contributed by atoms with Crippen LogP contribution in [0.5, 0.6) is 0 Å². The molecule has 0 spiro atoms. The van der Waals surface area contributed by atoms with E-state index in [0.29, 0.717) is 10.6 Å². The van der Waals surface area contributed by atoms with Gasteiger partial charge in [0.25, 0.3) is 0 Å². The summed E-state index contributed by atoms with van der Waals surface area (Å²) < 4.78 is 1.52. The van der Waals surface area contributed by atoms with Crippen molar-refractivity contribution in [2.45, 2.75) is 0 Å². The summed E-state index contributed by atoms with van der Waals surface area (Å²) in [4.78, 5) is 10.4. The Bertz CT molecular complexity index is 299. The van der Waals surface area contributed by atoms with Gasteiger partial charge in [0.1, 0.15) is 0 Å². The first-order valence-electron chi connectivity index (χ1n) is 2.75. The molecule has 1 rings (SSSR count). The number of hydrogen-bond donors (Lipinski definition) is 0. The third kappa shape index (κ3) is 2.04. The minimum absolute atomic E-state index is 0.544. The Morgan fingerprint density at radius 1 is 1.36 bits per heavy atom. The summed E-state index contributed by atoms with van der Waals surface area (Å²) in [7, 11) is 0. The number of aldehydes is 1. The van der Waals surface area contributed by atoms with Crippen molar-refractivity contribution in [1.29, 1.82) is 0 Å². The summed E-state index contributed by atoms with van der Waals surface area (Å²) >= 11 is 12.2. The van der Waals surface area contributed by atoms with Crippen LogP contribution in [0.4, 0.5) is 0 Å². The lowest BCUT2D eigenvalue weighted by molar-refractivity contribution is 0.112. The molecule has 0 unspecified atom stereocenters. The summed E-state index contributed by atoms with van der Waals surface area (Å²) in [6, 6.07) is 3.32. The van der Waals surface area contributed by atoms with Crippen LogP contribution >= 0.6 is 43.5 Å². The Morgan fingerprint density at radius 2 is 2.00 bits per heavy atom. The Morgan fingerprint density at radius 3 is 2.55 bits per heavy atom. The zero-order chi connectivity index (χ0) is 8.43. The predicted octanol–water partition coefficient (Wildman–Crippen LogP) is 3.68. The van der Waals surface area contributed by atoms with E-state index in [1.54, 1.807) is 12.1 Å². The Labute approximate surface area is 86.0 Å². The summed E-state index contributed by atoms with van der Waals surface area (Å²) in [5, 5.41) is 0.544. The Balaban J connectivity index is 3.35. The summed E-state index contributed by atoms with van der Waals surface area (Å²) in [5.41, 5.74) is 0.546. The van der Waals surface area contributed by atoms with Crippen molar-refractivity contribution < 1.29 is 4.79 Å². The smallest absolute Gasteiger partial charge is 0.151 e. The standard InChI is InChI=1S/C7H3Br2ClO/c8-6-2-5(10)1-4(3-11)7(6)9/h1-3H. The van der Waals surface area contributed by atoms with Gasteiger partial charge in [0.15, 0.2) is 6.29 Å². The highest BCUT2D eigenvalue weighted by atomic mass is 79.9. The minimum atomic E-state index is 0.544. The van der Waals surface area contributed by atoms with Crippen LogP contribution in [0.3, 0.4) is 0 Å². The minimum Gasteiger partial charge on any atom is -0.298 e. The van der Waals surface area contributed by atoms with E-state index in [-0.39, 0.29) is 0 Å². The molecule has 4 heteroatoms. The molecule has 11 heavy (non-hydrogen) atoms. The van der Waals surface area contributed by atoms with E-state index in [4.69, 9.17) is 11.6 Å². The van der Waals surface area contributed by atoms with Gasteiger partial charge in [-0.3, -0.25) is 4.79 Å². The van der Waals surface area contributed by atoms with E-state index < -0.39 is 0 Å². The second-order valence-corrected chi connectivity index (χ2v) is 3.99. The normalized spacial score (nSPS) is 9.73. The third-order valence-corrected chi connectivity index (χ3v) is 3.41. The summed E-state index contributed by atoms with van der Waals surface area (Å²) in [5.74, 6) is 0. The molecule has 0 heterocycles. The van der Waals surface area contributed by atoms with Crippen molar-refractivity contribution in [2.24, 2.45) is 0 Å². The van der Waals surface area contributed by atoms with Gasteiger partial charge in [0.2, 0.25) is 0 Å². The molecule has 0 N–H and O–H groups in total. The molecule has 0 aliphatic heterocycles.